The summed E-state index contributed by atoms with van der Waals surface area (Å²) in [6, 6.07) is -3.94. The smallest absolute Gasteiger partial charge is 0.315 e. The number of esters is 1. The molecule has 47 heavy (non-hydrogen) atoms. The number of halogens is 2. The Morgan fingerprint density at radius 1 is 1.02 bits per heavy atom. The van der Waals surface area contributed by atoms with Crippen molar-refractivity contribution in [2.75, 3.05) is 13.1 Å². The lowest BCUT2D eigenvalue weighted by Gasteiger charge is -2.38. The molecule has 1 heterocycles. The van der Waals surface area contributed by atoms with Gasteiger partial charge in [0.2, 0.25) is 17.6 Å². The summed E-state index contributed by atoms with van der Waals surface area (Å²) < 4.78 is 4.31. The van der Waals surface area contributed by atoms with E-state index in [-0.39, 0.29) is 25.9 Å². The van der Waals surface area contributed by atoms with Gasteiger partial charge >= 0.3 is 12.0 Å². The molecule has 12 nitrogen and oxygen atoms in total. The number of ether oxygens (including phenoxy) is 1. The van der Waals surface area contributed by atoms with Crippen LogP contribution in [0.25, 0.3) is 0 Å². The van der Waals surface area contributed by atoms with Gasteiger partial charge in [0, 0.05) is 30.5 Å². The largest absolute Gasteiger partial charge is 0.459 e. The van der Waals surface area contributed by atoms with Crippen molar-refractivity contribution < 1.29 is 33.5 Å². The van der Waals surface area contributed by atoms with Crippen molar-refractivity contribution in [2.45, 2.75) is 127 Å². The van der Waals surface area contributed by atoms with Crippen LogP contribution in [-0.2, 0) is 28.7 Å². The third-order valence-electron chi connectivity index (χ3n) is 8.91. The normalized spacial score (nSPS) is 23.9. The summed E-state index contributed by atoms with van der Waals surface area (Å²) >= 11 is 13.0. The van der Waals surface area contributed by atoms with E-state index in [1.165, 1.54) is 4.90 Å². The second kappa shape index (κ2) is 14.7. The fourth-order valence-corrected chi connectivity index (χ4v) is 7.17. The fraction of sp³-hybridized carbons (Fsp3) is 0.758. The van der Waals surface area contributed by atoms with Gasteiger partial charge in [0.25, 0.3) is 5.91 Å². The molecule has 3 rings (SSSR count). The minimum atomic E-state index is -1.25. The first kappa shape index (κ1) is 38.6. The molecule has 2 unspecified atom stereocenters. The summed E-state index contributed by atoms with van der Waals surface area (Å²) in [7, 11) is 0. The molecule has 5 amide bonds. The number of rotatable bonds is 13. The molecule has 264 valence electrons. The van der Waals surface area contributed by atoms with Crippen molar-refractivity contribution in [1.29, 1.82) is 0 Å². The number of ketones is 1. The van der Waals surface area contributed by atoms with E-state index in [2.05, 4.69) is 27.8 Å². The van der Waals surface area contributed by atoms with Gasteiger partial charge in [-0.25, -0.2) is 4.79 Å². The summed E-state index contributed by atoms with van der Waals surface area (Å²) in [4.78, 5) is 80.5. The molecule has 2 aliphatic carbocycles. The molecule has 0 radical (unpaired) electrons. The zero-order valence-electron chi connectivity index (χ0n) is 28.6. The van der Waals surface area contributed by atoms with Gasteiger partial charge in [0.15, 0.2) is 0 Å². The number of alkyl halides is 2. The monoisotopic (exact) mass is 699 g/mol. The third kappa shape index (κ3) is 9.84. The zero-order valence-corrected chi connectivity index (χ0v) is 30.1. The lowest BCUT2D eigenvalue weighted by Crippen LogP contribution is -2.62. The minimum Gasteiger partial charge on any atom is -0.459 e. The minimum absolute atomic E-state index is 0.0721. The Balaban J connectivity index is 1.71. The first-order valence-corrected chi connectivity index (χ1v) is 17.1. The number of piperidine rings is 1. The molecular weight excluding hydrogens is 649 g/mol. The average Bonchev–Trinajstić information content (AvgIpc) is 3.30. The highest BCUT2D eigenvalue weighted by Gasteiger charge is 2.74. The van der Waals surface area contributed by atoms with Gasteiger partial charge in [0.05, 0.1) is 12.5 Å². The van der Waals surface area contributed by atoms with Crippen LogP contribution in [0.1, 0.15) is 93.4 Å². The SMILES string of the molecule is C=CCCC(NC(=O)[C@@H]1[C@@H]2C(CN1C(=O)[C@@H](NC(=O)NC(C)(C)C)C(C)(C)C)C2(Cl)Cl)C(=O)C(=O)NCCC(=O)OC1(C)CCCC1. The van der Waals surface area contributed by atoms with Crippen molar-refractivity contribution in [3.63, 3.8) is 0 Å². The Morgan fingerprint density at radius 2 is 1.64 bits per heavy atom. The second-order valence-electron chi connectivity index (χ2n) is 15.3. The van der Waals surface area contributed by atoms with Crippen LogP contribution in [0.4, 0.5) is 4.79 Å². The number of nitrogens with one attached hydrogen (secondary N) is 4. The van der Waals surface area contributed by atoms with Gasteiger partial charge in [-0.3, -0.25) is 24.0 Å². The van der Waals surface area contributed by atoms with E-state index in [9.17, 15) is 28.8 Å². The lowest BCUT2D eigenvalue weighted by molar-refractivity contribution is -0.157. The average molecular weight is 701 g/mol. The first-order valence-electron chi connectivity index (χ1n) is 16.3. The summed E-state index contributed by atoms with van der Waals surface area (Å²) in [6.45, 7) is 16.3. The molecule has 0 aromatic carbocycles. The van der Waals surface area contributed by atoms with Crippen LogP contribution in [0.2, 0.25) is 0 Å². The molecule has 3 fully saturated rings. The van der Waals surface area contributed by atoms with Crippen molar-refractivity contribution >= 4 is 58.7 Å². The zero-order chi connectivity index (χ0) is 35.5. The summed E-state index contributed by atoms with van der Waals surface area (Å²) in [5.41, 5.74) is -1.79. The van der Waals surface area contributed by atoms with Crippen LogP contribution in [0.5, 0.6) is 0 Å². The number of Topliss-reactive ketones (excluding diaryl/α,β-unsaturated/α-hetero) is 1. The second-order valence-corrected chi connectivity index (χ2v) is 16.8. The number of likely N-dealkylation sites (tertiary alicyclic amines) is 1. The van der Waals surface area contributed by atoms with Gasteiger partial charge < -0.3 is 30.9 Å². The van der Waals surface area contributed by atoms with Crippen LogP contribution in [-0.4, -0.2) is 87.1 Å². The number of nitrogens with zero attached hydrogens (tertiary/aromatic N) is 1. The van der Waals surface area contributed by atoms with Crippen LogP contribution < -0.4 is 21.3 Å². The molecule has 4 N–H and O–H groups in total. The highest BCUT2D eigenvalue weighted by molar-refractivity contribution is 6.51. The van der Waals surface area contributed by atoms with Crippen LogP contribution in [0.15, 0.2) is 12.7 Å². The van der Waals surface area contributed by atoms with Crippen molar-refractivity contribution in [2.24, 2.45) is 17.3 Å². The maximum atomic E-state index is 14.0. The lowest BCUT2D eigenvalue weighted by atomic mass is 9.85. The number of urea groups is 1. The van der Waals surface area contributed by atoms with E-state index in [1.54, 1.807) is 26.8 Å². The Morgan fingerprint density at radius 3 is 2.19 bits per heavy atom. The van der Waals surface area contributed by atoms with E-state index >= 15 is 0 Å². The van der Waals surface area contributed by atoms with E-state index in [0.717, 1.165) is 25.7 Å². The third-order valence-corrected chi connectivity index (χ3v) is 9.98. The molecule has 1 aliphatic heterocycles. The first-order chi connectivity index (χ1) is 21.6. The Labute approximate surface area is 287 Å². The van der Waals surface area contributed by atoms with Crippen LogP contribution >= 0.6 is 23.2 Å². The molecule has 3 aliphatic rings. The molecule has 5 atom stereocenters. The van der Waals surface area contributed by atoms with Gasteiger partial charge in [0.1, 0.15) is 22.0 Å². The number of carbonyl (C=O) groups excluding carboxylic acids is 6. The highest BCUT2D eigenvalue weighted by atomic mass is 35.5. The van der Waals surface area contributed by atoms with Crippen LogP contribution in [0.3, 0.4) is 0 Å². The predicted molar refractivity (Wildman–Crippen MR) is 179 cm³/mol. The number of carbonyl (C=O) groups is 6. The molecular formula is C33H51Cl2N5O7. The molecule has 1 saturated heterocycles. The van der Waals surface area contributed by atoms with Gasteiger partial charge in [-0.2, -0.15) is 0 Å². The van der Waals surface area contributed by atoms with E-state index in [4.69, 9.17) is 27.9 Å². The molecule has 0 aromatic heterocycles. The molecule has 14 heteroatoms. The maximum absolute atomic E-state index is 14.0. The molecule has 0 aromatic rings. The van der Waals surface area contributed by atoms with Gasteiger partial charge in [-0.15, -0.1) is 29.8 Å². The predicted octanol–water partition coefficient (Wildman–Crippen LogP) is 3.53. The van der Waals surface area contributed by atoms with E-state index in [0.29, 0.717) is 6.42 Å². The van der Waals surface area contributed by atoms with Gasteiger partial charge in [-0.1, -0.05) is 26.8 Å². The van der Waals surface area contributed by atoms with Gasteiger partial charge in [-0.05, 0) is 71.6 Å². The Bertz CT molecular complexity index is 1250. The van der Waals surface area contributed by atoms with Crippen molar-refractivity contribution in [1.82, 2.24) is 26.2 Å². The summed E-state index contributed by atoms with van der Waals surface area (Å²) in [5.74, 6) is -4.54. The quantitative estimate of drug-likeness (QED) is 0.0989. The molecule has 2 saturated carbocycles. The Kier molecular flexibility index (Phi) is 12.1. The number of hydrogen-bond acceptors (Lipinski definition) is 7. The van der Waals surface area contributed by atoms with Crippen molar-refractivity contribution in [3.05, 3.63) is 12.7 Å². The number of hydrogen-bond donors (Lipinski definition) is 4. The maximum Gasteiger partial charge on any atom is 0.315 e. The topological polar surface area (TPSA) is 163 Å². The Hall–Kier alpha value is -2.86. The van der Waals surface area contributed by atoms with E-state index in [1.807, 2.05) is 27.7 Å². The standard InChI is InChI=1S/C33H51Cl2N5O7/c1-9-10-13-20(24(42)27(44)36-17-14-21(41)47-32(8)15-11-12-16-32)37-26(43)23-22-19(33(22,34)35)18-40(23)28(45)25(30(2,3)4)38-29(46)39-31(5,6)7/h9,19-20,22-23,25H,1,10-18H2,2-8H3,(H,36,44)(H,37,43)(H2,38,39,46)/t19?,20?,22-,23-,25+/m0/s1. The number of allylic oxidation sites excluding steroid dienone is 1. The van der Waals surface area contributed by atoms with E-state index < -0.39 is 86.4 Å². The van der Waals surface area contributed by atoms with Crippen molar-refractivity contribution in [3.8, 4) is 0 Å². The molecule has 0 spiro atoms. The number of fused-ring (bicyclic) bond motifs is 1. The molecule has 0 bridgehead atoms. The van der Waals surface area contributed by atoms with Crippen LogP contribution in [0, 0.1) is 17.3 Å². The fourth-order valence-electron chi connectivity index (χ4n) is 6.34. The number of amides is 5. The highest BCUT2D eigenvalue weighted by Crippen LogP contribution is 2.65. The summed E-state index contributed by atoms with van der Waals surface area (Å²) in [5, 5.41) is 10.7. The summed E-state index contributed by atoms with van der Waals surface area (Å²) in [6.07, 6.45) is 5.37.